The first-order valence-electron chi connectivity index (χ1n) is 8.91. The molecule has 0 fully saturated rings. The molecule has 2 heterocycles. The second kappa shape index (κ2) is 9.02. The maximum absolute atomic E-state index is 12.1. The molecule has 2 aromatic carbocycles. The predicted octanol–water partition coefficient (Wildman–Crippen LogP) is 5.87. The van der Waals surface area contributed by atoms with E-state index in [-0.39, 0.29) is 12.6 Å². The number of esters is 1. The van der Waals surface area contributed by atoms with Gasteiger partial charge in [0.15, 0.2) is 0 Å². The number of thiazole rings is 2. The lowest BCUT2D eigenvalue weighted by molar-refractivity contribution is -0.145. The average Bonchev–Trinajstić information content (AvgIpc) is 3.37. The number of carbonyl (C=O) groups excluding carboxylic acids is 1. The fourth-order valence-corrected chi connectivity index (χ4v) is 4.96. The van der Waals surface area contributed by atoms with E-state index in [0.29, 0.717) is 12.8 Å². The topological polar surface area (TPSA) is 61.3 Å². The first-order valence-corrected chi connectivity index (χ1v) is 11.4. The van der Waals surface area contributed by atoms with Crippen molar-refractivity contribution < 1.29 is 14.3 Å². The first-order chi connectivity index (χ1) is 14.1. The van der Waals surface area contributed by atoms with Gasteiger partial charge in [-0.1, -0.05) is 28.1 Å². The van der Waals surface area contributed by atoms with Crippen LogP contribution in [0.1, 0.15) is 17.1 Å². The van der Waals surface area contributed by atoms with Crippen molar-refractivity contribution in [3.8, 4) is 16.3 Å². The summed E-state index contributed by atoms with van der Waals surface area (Å²) < 4.78 is 12.9. The van der Waals surface area contributed by atoms with Crippen LogP contribution in [0.4, 0.5) is 0 Å². The third-order valence-electron chi connectivity index (χ3n) is 4.21. The van der Waals surface area contributed by atoms with Crippen LogP contribution < -0.4 is 4.74 Å². The van der Waals surface area contributed by atoms with Crippen molar-refractivity contribution in [2.75, 3.05) is 7.11 Å². The summed E-state index contributed by atoms with van der Waals surface area (Å²) in [6.07, 6.45) is 0.881. The number of rotatable bonds is 7. The molecule has 0 aliphatic heterocycles. The molecule has 0 aliphatic rings. The Morgan fingerprint density at radius 1 is 1.17 bits per heavy atom. The number of nitrogens with zero attached hydrogens (tertiary/aromatic N) is 2. The highest BCUT2D eigenvalue weighted by Crippen LogP contribution is 2.34. The summed E-state index contributed by atoms with van der Waals surface area (Å²) >= 11 is 6.58. The molecule has 4 rings (SSSR count). The fraction of sp³-hybridized carbons (Fsp3) is 0.190. The van der Waals surface area contributed by atoms with Crippen LogP contribution in [-0.2, 0) is 22.6 Å². The van der Waals surface area contributed by atoms with Crippen LogP contribution in [-0.4, -0.2) is 23.0 Å². The summed E-state index contributed by atoms with van der Waals surface area (Å²) in [6, 6.07) is 13.7. The maximum Gasteiger partial charge on any atom is 0.306 e. The van der Waals surface area contributed by atoms with Crippen molar-refractivity contribution in [1.82, 2.24) is 9.97 Å². The van der Waals surface area contributed by atoms with E-state index >= 15 is 0 Å². The van der Waals surface area contributed by atoms with Crippen LogP contribution in [0.3, 0.4) is 0 Å². The van der Waals surface area contributed by atoms with E-state index in [9.17, 15) is 4.79 Å². The van der Waals surface area contributed by atoms with Crippen LogP contribution in [0.2, 0.25) is 0 Å². The van der Waals surface area contributed by atoms with Crippen LogP contribution in [0.5, 0.6) is 5.75 Å². The van der Waals surface area contributed by atoms with Crippen molar-refractivity contribution >= 4 is 54.8 Å². The van der Waals surface area contributed by atoms with Gasteiger partial charge in [0.1, 0.15) is 17.4 Å². The monoisotopic (exact) mass is 488 g/mol. The molecule has 0 atom stereocenters. The number of aryl methyl sites for hydroxylation is 1. The molecule has 4 aromatic rings. The van der Waals surface area contributed by atoms with Gasteiger partial charge in [-0.25, -0.2) is 9.97 Å². The number of fused-ring (bicyclic) bond motifs is 1. The van der Waals surface area contributed by atoms with Gasteiger partial charge in [0.2, 0.25) is 0 Å². The molecule has 0 aliphatic carbocycles. The van der Waals surface area contributed by atoms with Crippen molar-refractivity contribution in [2.45, 2.75) is 19.4 Å². The second-order valence-corrected chi connectivity index (χ2v) is 9.11. The van der Waals surface area contributed by atoms with Crippen molar-refractivity contribution in [3.05, 3.63) is 63.0 Å². The second-order valence-electron chi connectivity index (χ2n) is 6.22. The smallest absolute Gasteiger partial charge is 0.306 e. The summed E-state index contributed by atoms with van der Waals surface area (Å²) in [5.74, 6) is 0.501. The van der Waals surface area contributed by atoms with Gasteiger partial charge in [-0.3, -0.25) is 4.79 Å². The number of hydrogen-bond acceptors (Lipinski definition) is 7. The summed E-state index contributed by atoms with van der Waals surface area (Å²) in [4.78, 5) is 21.3. The Hall–Kier alpha value is -2.29. The molecule has 148 valence electrons. The average molecular weight is 489 g/mol. The molecule has 0 saturated heterocycles. The zero-order valence-electron chi connectivity index (χ0n) is 15.6. The highest BCUT2D eigenvalue weighted by molar-refractivity contribution is 9.10. The zero-order valence-corrected chi connectivity index (χ0v) is 18.8. The summed E-state index contributed by atoms with van der Waals surface area (Å²) in [5.41, 5.74) is 2.60. The van der Waals surface area contributed by atoms with E-state index in [0.717, 1.165) is 41.7 Å². The van der Waals surface area contributed by atoms with E-state index in [1.807, 2.05) is 47.8 Å². The molecule has 5 nitrogen and oxygen atoms in total. The third kappa shape index (κ3) is 4.83. The lowest BCUT2D eigenvalue weighted by atomic mass is 10.2. The molecule has 0 spiro atoms. The largest absolute Gasteiger partial charge is 0.496 e. The number of benzene rings is 2. The number of para-hydroxylation sites is 1. The van der Waals surface area contributed by atoms with Gasteiger partial charge >= 0.3 is 5.97 Å². The normalized spacial score (nSPS) is 11.0. The first kappa shape index (κ1) is 20.0. The van der Waals surface area contributed by atoms with Gasteiger partial charge in [-0.15, -0.1) is 22.7 Å². The molecular weight excluding hydrogens is 472 g/mol. The quantitative estimate of drug-likeness (QED) is 0.304. The third-order valence-corrected chi connectivity index (χ3v) is 6.72. The predicted molar refractivity (Wildman–Crippen MR) is 120 cm³/mol. The maximum atomic E-state index is 12.1. The van der Waals surface area contributed by atoms with Gasteiger partial charge < -0.3 is 9.47 Å². The molecular formula is C21H17BrN2O3S2. The highest BCUT2D eigenvalue weighted by Gasteiger charge is 2.13. The molecule has 0 N–H and O–H groups in total. The molecule has 0 saturated carbocycles. The van der Waals surface area contributed by atoms with E-state index < -0.39 is 0 Å². The van der Waals surface area contributed by atoms with E-state index in [4.69, 9.17) is 9.47 Å². The molecule has 0 unspecified atom stereocenters. The number of hydrogen-bond donors (Lipinski definition) is 0. The lowest BCUT2D eigenvalue weighted by Crippen LogP contribution is -2.06. The van der Waals surface area contributed by atoms with Crippen LogP contribution in [0.15, 0.2) is 52.3 Å². The van der Waals surface area contributed by atoms with Crippen LogP contribution >= 0.6 is 38.6 Å². The van der Waals surface area contributed by atoms with E-state index in [1.165, 1.54) is 11.3 Å². The Kier molecular flexibility index (Phi) is 6.22. The minimum Gasteiger partial charge on any atom is -0.496 e. The number of methoxy groups -OCH3 is 1. The number of ether oxygens (including phenoxy) is 2. The van der Waals surface area contributed by atoms with Gasteiger partial charge in [-0.2, -0.15) is 0 Å². The van der Waals surface area contributed by atoms with Gasteiger partial charge in [0.05, 0.1) is 40.0 Å². The molecule has 29 heavy (non-hydrogen) atoms. The minimum atomic E-state index is -0.251. The van der Waals surface area contributed by atoms with Gasteiger partial charge in [0.25, 0.3) is 0 Å². The Morgan fingerprint density at radius 2 is 2.03 bits per heavy atom. The molecule has 0 bridgehead atoms. The fourth-order valence-electron chi connectivity index (χ4n) is 2.81. The highest BCUT2D eigenvalue weighted by atomic mass is 79.9. The number of halogens is 1. The summed E-state index contributed by atoms with van der Waals surface area (Å²) in [7, 11) is 1.63. The van der Waals surface area contributed by atoms with Gasteiger partial charge in [0, 0.05) is 16.3 Å². The van der Waals surface area contributed by atoms with E-state index in [1.54, 1.807) is 18.4 Å². The van der Waals surface area contributed by atoms with Crippen molar-refractivity contribution in [2.24, 2.45) is 0 Å². The lowest BCUT2D eigenvalue weighted by Gasteiger charge is -2.06. The SMILES string of the molecule is COc1ccc(Br)cc1-c1nc(COC(=O)CCc2nc3ccccc3s2)cs1. The number of carbonyl (C=O) groups is 1. The molecule has 2 aromatic heterocycles. The van der Waals surface area contributed by atoms with Crippen molar-refractivity contribution in [3.63, 3.8) is 0 Å². The Bertz CT molecular complexity index is 1120. The summed E-state index contributed by atoms with van der Waals surface area (Å²) in [6.45, 7) is 0.158. The van der Waals surface area contributed by atoms with E-state index in [2.05, 4.69) is 25.9 Å². The molecule has 8 heteroatoms. The van der Waals surface area contributed by atoms with Gasteiger partial charge in [-0.05, 0) is 30.3 Å². The standard InChI is InChI=1S/C21H17BrN2O3S2/c1-26-17-7-6-13(22)10-15(17)21-23-14(12-28-21)11-27-20(25)9-8-19-24-16-4-2-3-5-18(16)29-19/h2-7,10,12H,8-9,11H2,1H3. The Labute approximate surface area is 184 Å². The Balaban J connectivity index is 1.33. The van der Waals surface area contributed by atoms with Crippen LogP contribution in [0, 0.1) is 0 Å². The Morgan fingerprint density at radius 3 is 2.86 bits per heavy atom. The van der Waals surface area contributed by atoms with Crippen LogP contribution in [0.25, 0.3) is 20.8 Å². The molecule has 0 amide bonds. The zero-order chi connectivity index (χ0) is 20.2. The summed E-state index contributed by atoms with van der Waals surface area (Å²) in [5, 5.41) is 3.67. The number of aromatic nitrogens is 2. The van der Waals surface area contributed by atoms with Crippen molar-refractivity contribution in [1.29, 1.82) is 0 Å². The molecule has 0 radical (unpaired) electrons. The minimum absolute atomic E-state index is 0.158.